The smallest absolute Gasteiger partial charge is 0.264 e. The van der Waals surface area contributed by atoms with Gasteiger partial charge in [-0.15, -0.1) is 0 Å². The molecule has 0 aliphatic rings. The largest absolute Gasteiger partial charge is 0.355 e. The van der Waals surface area contributed by atoms with Crippen molar-refractivity contribution in [2.75, 3.05) is 17.4 Å². The Morgan fingerprint density at radius 2 is 1.48 bits per heavy atom. The number of carbonyl (C=O) groups is 2. The molecule has 44 heavy (non-hydrogen) atoms. The Bertz CT molecular complexity index is 1720. The minimum absolute atomic E-state index is 0.0100. The molecule has 230 valence electrons. The van der Waals surface area contributed by atoms with Crippen LogP contribution in [0.2, 0.25) is 15.1 Å². The van der Waals surface area contributed by atoms with Gasteiger partial charge >= 0.3 is 0 Å². The van der Waals surface area contributed by atoms with Crippen molar-refractivity contribution in [1.29, 1.82) is 0 Å². The Morgan fingerprint density at radius 3 is 2.11 bits per heavy atom. The minimum Gasteiger partial charge on any atom is -0.355 e. The molecule has 1 atom stereocenters. The normalized spacial score (nSPS) is 11.9. The minimum atomic E-state index is -4.27. The third kappa shape index (κ3) is 8.12. The quantitative estimate of drug-likeness (QED) is 0.177. The highest BCUT2D eigenvalue weighted by molar-refractivity contribution is 7.92. The third-order valence-electron chi connectivity index (χ3n) is 7.00. The average Bonchev–Trinajstić information content (AvgIpc) is 3.00. The van der Waals surface area contributed by atoms with Crippen LogP contribution in [0.1, 0.15) is 23.6 Å². The first kappa shape index (κ1) is 33.3. The zero-order valence-corrected chi connectivity index (χ0v) is 27.3. The molecule has 0 saturated heterocycles. The van der Waals surface area contributed by atoms with Gasteiger partial charge in [-0.25, -0.2) is 8.42 Å². The molecule has 2 amide bonds. The predicted octanol–water partition coefficient (Wildman–Crippen LogP) is 6.93. The summed E-state index contributed by atoms with van der Waals surface area (Å²) in [6, 6.07) is 26.0. The number of nitrogens with one attached hydrogen (secondary N) is 1. The first-order valence-electron chi connectivity index (χ1n) is 13.9. The lowest BCUT2D eigenvalue weighted by Crippen LogP contribution is -2.53. The lowest BCUT2D eigenvalue weighted by molar-refractivity contribution is -0.140. The van der Waals surface area contributed by atoms with Crippen molar-refractivity contribution in [1.82, 2.24) is 10.2 Å². The number of amides is 2. The van der Waals surface area contributed by atoms with Crippen LogP contribution in [-0.4, -0.2) is 44.3 Å². The molecular formula is C33H32Cl3N3O4S. The molecule has 11 heteroatoms. The highest BCUT2D eigenvalue weighted by atomic mass is 35.5. The zero-order valence-electron chi connectivity index (χ0n) is 24.2. The zero-order chi connectivity index (χ0) is 31.9. The molecule has 7 nitrogen and oxygen atoms in total. The van der Waals surface area contributed by atoms with Gasteiger partial charge in [-0.3, -0.25) is 13.9 Å². The number of hydrogen-bond donors (Lipinski definition) is 1. The van der Waals surface area contributed by atoms with E-state index in [1.807, 2.05) is 37.3 Å². The number of aryl methyl sites for hydroxylation is 1. The van der Waals surface area contributed by atoms with E-state index in [0.29, 0.717) is 17.1 Å². The summed E-state index contributed by atoms with van der Waals surface area (Å²) >= 11 is 19.0. The lowest BCUT2D eigenvalue weighted by Gasteiger charge is -2.34. The summed E-state index contributed by atoms with van der Waals surface area (Å²) in [5, 5.41) is 3.60. The van der Waals surface area contributed by atoms with Crippen LogP contribution in [0.25, 0.3) is 0 Å². The summed E-state index contributed by atoms with van der Waals surface area (Å²) in [5.41, 5.74) is 2.45. The van der Waals surface area contributed by atoms with Crippen LogP contribution in [0.4, 0.5) is 5.69 Å². The van der Waals surface area contributed by atoms with Crippen molar-refractivity contribution in [2.24, 2.45) is 0 Å². The molecule has 0 saturated carbocycles. The second-order valence-electron chi connectivity index (χ2n) is 10.1. The fraction of sp³-hybridized carbons (Fsp3) is 0.212. The highest BCUT2D eigenvalue weighted by Gasteiger charge is 2.35. The number of sulfonamides is 1. The van der Waals surface area contributed by atoms with Gasteiger partial charge in [0.25, 0.3) is 10.0 Å². The van der Waals surface area contributed by atoms with Gasteiger partial charge in [-0.05, 0) is 61.4 Å². The van der Waals surface area contributed by atoms with Crippen LogP contribution >= 0.6 is 34.8 Å². The average molecular weight is 673 g/mol. The van der Waals surface area contributed by atoms with E-state index >= 15 is 0 Å². The molecule has 0 heterocycles. The van der Waals surface area contributed by atoms with E-state index in [4.69, 9.17) is 34.8 Å². The van der Waals surface area contributed by atoms with E-state index in [1.165, 1.54) is 35.2 Å². The van der Waals surface area contributed by atoms with Gasteiger partial charge in [-0.1, -0.05) is 101 Å². The molecule has 4 rings (SSSR count). The van der Waals surface area contributed by atoms with Gasteiger partial charge in [0, 0.05) is 24.5 Å². The van der Waals surface area contributed by atoms with E-state index in [9.17, 15) is 18.0 Å². The van der Waals surface area contributed by atoms with E-state index in [2.05, 4.69) is 5.32 Å². The molecule has 4 aromatic rings. The SMILES string of the molecule is CCNC(=O)[C@H](Cc1ccccc1)N(Cc1ccccc1Cl)C(=O)CN(c1ccc(Cl)c(Cl)c1)S(=O)(=O)c1ccc(C)cc1. The number of benzene rings is 4. The summed E-state index contributed by atoms with van der Waals surface area (Å²) in [5.74, 6) is -0.988. The molecule has 0 fully saturated rings. The van der Waals surface area contributed by atoms with Gasteiger partial charge in [0.15, 0.2) is 0 Å². The standard InChI is InChI=1S/C33H32Cl3N3O4S/c1-3-37-33(41)31(19-24-9-5-4-6-10-24)38(21-25-11-7-8-12-28(25)34)32(40)22-39(26-15-18-29(35)30(36)20-26)44(42,43)27-16-13-23(2)14-17-27/h4-18,20,31H,3,19,21-22H2,1-2H3,(H,37,41)/t31-/m0/s1. The van der Waals surface area contributed by atoms with Crippen LogP contribution in [-0.2, 0) is 32.6 Å². The molecule has 0 bridgehead atoms. The predicted molar refractivity (Wildman–Crippen MR) is 177 cm³/mol. The van der Waals surface area contributed by atoms with Gasteiger partial charge in [-0.2, -0.15) is 0 Å². The molecular weight excluding hydrogens is 641 g/mol. The summed E-state index contributed by atoms with van der Waals surface area (Å²) in [6.07, 6.45) is 0.195. The fourth-order valence-corrected chi connectivity index (χ4v) is 6.56. The topological polar surface area (TPSA) is 86.8 Å². The number of rotatable bonds is 12. The summed E-state index contributed by atoms with van der Waals surface area (Å²) < 4.78 is 29.2. The van der Waals surface area contributed by atoms with Crippen LogP contribution in [0.15, 0.2) is 102 Å². The van der Waals surface area contributed by atoms with Crippen LogP contribution < -0.4 is 9.62 Å². The number of halogens is 3. The maximum atomic E-state index is 14.4. The Labute approximate surface area is 273 Å². The molecule has 0 spiro atoms. The Balaban J connectivity index is 1.82. The Hall–Kier alpha value is -3.56. The van der Waals surface area contributed by atoms with Crippen molar-refractivity contribution in [3.05, 3.63) is 129 Å². The molecule has 0 aliphatic heterocycles. The van der Waals surface area contributed by atoms with Crippen molar-refractivity contribution in [3.63, 3.8) is 0 Å². The number of carbonyl (C=O) groups excluding carboxylic acids is 2. The second-order valence-corrected chi connectivity index (χ2v) is 13.2. The second kappa shape index (κ2) is 14.9. The van der Waals surface area contributed by atoms with E-state index in [1.54, 1.807) is 43.3 Å². The number of likely N-dealkylation sites (N-methyl/N-ethyl adjacent to an activating group) is 1. The highest BCUT2D eigenvalue weighted by Crippen LogP contribution is 2.31. The van der Waals surface area contributed by atoms with Crippen molar-refractivity contribution in [3.8, 4) is 0 Å². The number of nitrogens with zero attached hydrogens (tertiary/aromatic N) is 2. The summed E-state index contributed by atoms with van der Waals surface area (Å²) in [6.45, 7) is 3.32. The maximum absolute atomic E-state index is 14.4. The Morgan fingerprint density at radius 1 is 0.818 bits per heavy atom. The monoisotopic (exact) mass is 671 g/mol. The molecule has 4 aromatic carbocycles. The fourth-order valence-electron chi connectivity index (χ4n) is 4.66. The lowest BCUT2D eigenvalue weighted by atomic mass is 10.0. The molecule has 1 N–H and O–H groups in total. The van der Waals surface area contributed by atoms with Gasteiger partial charge in [0.2, 0.25) is 11.8 Å². The van der Waals surface area contributed by atoms with Gasteiger partial charge in [0.05, 0.1) is 20.6 Å². The first-order chi connectivity index (χ1) is 21.0. The van der Waals surface area contributed by atoms with Crippen LogP contribution in [0.5, 0.6) is 0 Å². The molecule has 0 aromatic heterocycles. The molecule has 0 aliphatic carbocycles. The summed E-state index contributed by atoms with van der Waals surface area (Å²) in [4.78, 5) is 29.3. The van der Waals surface area contributed by atoms with Crippen molar-refractivity contribution < 1.29 is 18.0 Å². The molecule has 0 radical (unpaired) electrons. The van der Waals surface area contributed by atoms with Crippen molar-refractivity contribution >= 4 is 62.3 Å². The first-order valence-corrected chi connectivity index (χ1v) is 16.5. The van der Waals surface area contributed by atoms with Gasteiger partial charge < -0.3 is 10.2 Å². The molecule has 0 unspecified atom stereocenters. The van der Waals surface area contributed by atoms with E-state index < -0.39 is 28.5 Å². The van der Waals surface area contributed by atoms with Gasteiger partial charge in [0.1, 0.15) is 12.6 Å². The number of hydrogen-bond acceptors (Lipinski definition) is 4. The van der Waals surface area contributed by atoms with E-state index in [0.717, 1.165) is 15.4 Å². The Kier molecular flexibility index (Phi) is 11.3. The van der Waals surface area contributed by atoms with Crippen LogP contribution in [0, 0.1) is 6.92 Å². The van der Waals surface area contributed by atoms with E-state index in [-0.39, 0.29) is 39.5 Å². The summed E-state index contributed by atoms with van der Waals surface area (Å²) in [7, 11) is -4.27. The van der Waals surface area contributed by atoms with Crippen LogP contribution in [0.3, 0.4) is 0 Å². The third-order valence-corrected chi connectivity index (χ3v) is 9.90. The maximum Gasteiger partial charge on any atom is 0.264 e. The van der Waals surface area contributed by atoms with Crippen molar-refractivity contribution in [2.45, 2.75) is 37.8 Å². The number of anilines is 1.